The van der Waals surface area contributed by atoms with Gasteiger partial charge in [0.05, 0.1) is 36.3 Å². The highest BCUT2D eigenvalue weighted by Crippen LogP contribution is 2.36. The Labute approximate surface area is 163 Å². The molecule has 0 radical (unpaired) electrons. The van der Waals surface area contributed by atoms with Crippen molar-refractivity contribution in [2.75, 3.05) is 20.8 Å². The van der Waals surface area contributed by atoms with Gasteiger partial charge in [0.15, 0.2) is 0 Å². The maximum Gasteiger partial charge on any atom is 0.337 e. The highest BCUT2D eigenvalue weighted by molar-refractivity contribution is 7.89. The van der Waals surface area contributed by atoms with Gasteiger partial charge in [-0.25, -0.2) is 18.0 Å². The SMILES string of the molecule is COC(=O)c1cc(C(=O)OC)cc(S(=O)(=O)N2CCCC2c2cccnc2)c1. The molecule has 1 saturated heterocycles. The van der Waals surface area contributed by atoms with Gasteiger partial charge in [0.2, 0.25) is 10.0 Å². The lowest BCUT2D eigenvalue weighted by Gasteiger charge is -2.24. The van der Waals surface area contributed by atoms with Crippen LogP contribution in [-0.4, -0.2) is 50.4 Å². The molecule has 1 aliphatic heterocycles. The van der Waals surface area contributed by atoms with Crippen LogP contribution in [0.5, 0.6) is 0 Å². The van der Waals surface area contributed by atoms with Gasteiger partial charge in [-0.05, 0) is 42.7 Å². The molecule has 1 aliphatic rings. The molecule has 3 rings (SSSR count). The van der Waals surface area contributed by atoms with Crippen molar-refractivity contribution in [1.82, 2.24) is 9.29 Å². The fraction of sp³-hybridized carbons (Fsp3) is 0.316. The van der Waals surface area contributed by atoms with Crippen LogP contribution in [0.15, 0.2) is 47.6 Å². The van der Waals surface area contributed by atoms with E-state index in [1.807, 2.05) is 6.07 Å². The molecule has 148 valence electrons. The number of methoxy groups -OCH3 is 2. The first-order chi connectivity index (χ1) is 13.4. The van der Waals surface area contributed by atoms with Crippen LogP contribution < -0.4 is 0 Å². The van der Waals surface area contributed by atoms with Crippen LogP contribution in [0.2, 0.25) is 0 Å². The largest absolute Gasteiger partial charge is 0.465 e. The Kier molecular flexibility index (Phi) is 5.76. The van der Waals surface area contributed by atoms with Crippen LogP contribution in [0.25, 0.3) is 0 Å². The van der Waals surface area contributed by atoms with E-state index in [0.29, 0.717) is 19.4 Å². The first kappa shape index (κ1) is 20.0. The third-order valence-corrected chi connectivity index (χ3v) is 6.51. The number of hydrogen-bond acceptors (Lipinski definition) is 7. The molecule has 1 atom stereocenters. The maximum absolute atomic E-state index is 13.3. The average Bonchev–Trinajstić information content (AvgIpc) is 3.23. The summed E-state index contributed by atoms with van der Waals surface area (Å²) in [7, 11) is -1.61. The van der Waals surface area contributed by atoms with E-state index in [0.717, 1.165) is 5.56 Å². The third kappa shape index (κ3) is 3.76. The molecule has 0 amide bonds. The molecule has 1 fully saturated rings. The van der Waals surface area contributed by atoms with E-state index < -0.39 is 22.0 Å². The van der Waals surface area contributed by atoms with Crippen molar-refractivity contribution >= 4 is 22.0 Å². The number of carbonyl (C=O) groups is 2. The summed E-state index contributed by atoms with van der Waals surface area (Å²) in [5.41, 5.74) is 0.711. The fourth-order valence-corrected chi connectivity index (χ4v) is 5.04. The number of benzene rings is 1. The van der Waals surface area contributed by atoms with Crippen molar-refractivity contribution in [1.29, 1.82) is 0 Å². The smallest absolute Gasteiger partial charge is 0.337 e. The lowest BCUT2D eigenvalue weighted by Crippen LogP contribution is -2.31. The monoisotopic (exact) mass is 404 g/mol. The maximum atomic E-state index is 13.3. The number of ether oxygens (including phenoxy) is 2. The van der Waals surface area contributed by atoms with Gasteiger partial charge in [-0.3, -0.25) is 4.98 Å². The van der Waals surface area contributed by atoms with Crippen LogP contribution >= 0.6 is 0 Å². The Morgan fingerprint density at radius 3 is 2.29 bits per heavy atom. The van der Waals surface area contributed by atoms with Crippen LogP contribution in [0.3, 0.4) is 0 Å². The lowest BCUT2D eigenvalue weighted by atomic mass is 10.1. The van der Waals surface area contributed by atoms with Crippen molar-refractivity contribution in [3.63, 3.8) is 0 Å². The molecule has 1 unspecified atom stereocenters. The predicted molar refractivity (Wildman–Crippen MR) is 99.2 cm³/mol. The topological polar surface area (TPSA) is 103 Å². The second kappa shape index (κ2) is 8.07. The summed E-state index contributed by atoms with van der Waals surface area (Å²) < 4.78 is 37.4. The zero-order chi connectivity index (χ0) is 20.3. The van der Waals surface area contributed by atoms with Gasteiger partial charge in [-0.1, -0.05) is 6.07 Å². The minimum atomic E-state index is -3.97. The molecule has 2 aromatic rings. The van der Waals surface area contributed by atoms with Crippen molar-refractivity contribution in [2.24, 2.45) is 0 Å². The third-order valence-electron chi connectivity index (χ3n) is 4.63. The minimum absolute atomic E-state index is 0.0406. The standard InChI is InChI=1S/C19H20N2O6S/c1-26-18(22)14-9-15(19(23)27-2)11-16(10-14)28(24,25)21-8-4-6-17(21)13-5-3-7-20-12-13/h3,5,7,9-12,17H,4,6,8H2,1-2H3. The molecule has 9 heteroatoms. The molecular weight excluding hydrogens is 384 g/mol. The highest BCUT2D eigenvalue weighted by atomic mass is 32.2. The molecule has 8 nitrogen and oxygen atoms in total. The number of aromatic nitrogens is 1. The molecule has 0 aliphatic carbocycles. The van der Waals surface area contributed by atoms with E-state index in [9.17, 15) is 18.0 Å². The highest BCUT2D eigenvalue weighted by Gasteiger charge is 2.37. The Hall–Kier alpha value is -2.78. The quantitative estimate of drug-likeness (QED) is 0.704. The molecule has 0 bridgehead atoms. The number of rotatable bonds is 5. The van der Waals surface area contributed by atoms with Crippen LogP contribution in [0.4, 0.5) is 0 Å². The van der Waals surface area contributed by atoms with Crippen LogP contribution in [0, 0.1) is 0 Å². The molecule has 0 saturated carbocycles. The number of hydrogen-bond donors (Lipinski definition) is 0. The molecular formula is C19H20N2O6S. The van der Waals surface area contributed by atoms with Crippen LogP contribution in [0.1, 0.15) is 45.2 Å². The summed E-state index contributed by atoms with van der Waals surface area (Å²) in [5, 5.41) is 0. The van der Waals surface area contributed by atoms with Crippen molar-refractivity contribution in [3.8, 4) is 0 Å². The Bertz CT molecular complexity index is 956. The fourth-order valence-electron chi connectivity index (χ4n) is 3.29. The molecule has 1 aromatic heterocycles. The van der Waals surface area contributed by atoms with Gasteiger partial charge in [0.1, 0.15) is 0 Å². The van der Waals surface area contributed by atoms with E-state index in [2.05, 4.69) is 14.5 Å². The van der Waals surface area contributed by atoms with Crippen molar-refractivity contribution in [2.45, 2.75) is 23.8 Å². The Balaban J connectivity index is 2.07. The number of nitrogens with zero attached hydrogens (tertiary/aromatic N) is 2. The van der Waals surface area contributed by atoms with Crippen molar-refractivity contribution in [3.05, 3.63) is 59.4 Å². The van der Waals surface area contributed by atoms with E-state index >= 15 is 0 Å². The second-order valence-electron chi connectivity index (χ2n) is 6.29. The summed E-state index contributed by atoms with van der Waals surface area (Å²) in [6.45, 7) is 0.331. The first-order valence-corrected chi connectivity index (χ1v) is 10.1. The molecule has 0 spiro atoms. The van der Waals surface area contributed by atoms with Gasteiger partial charge in [0.25, 0.3) is 0 Å². The van der Waals surface area contributed by atoms with Crippen molar-refractivity contribution < 1.29 is 27.5 Å². The molecule has 1 aromatic carbocycles. The van der Waals surface area contributed by atoms with E-state index in [1.54, 1.807) is 18.5 Å². The molecule has 28 heavy (non-hydrogen) atoms. The van der Waals surface area contributed by atoms with Gasteiger partial charge >= 0.3 is 11.9 Å². The first-order valence-electron chi connectivity index (χ1n) is 8.62. The van der Waals surface area contributed by atoms with E-state index in [-0.39, 0.29) is 22.1 Å². The zero-order valence-electron chi connectivity index (χ0n) is 15.5. The average molecular weight is 404 g/mol. The molecule has 2 heterocycles. The van der Waals surface area contributed by atoms with Crippen LogP contribution in [-0.2, 0) is 19.5 Å². The summed E-state index contributed by atoms with van der Waals surface area (Å²) in [4.78, 5) is 27.9. The Morgan fingerprint density at radius 1 is 1.11 bits per heavy atom. The van der Waals surface area contributed by atoms with Gasteiger partial charge < -0.3 is 9.47 Å². The van der Waals surface area contributed by atoms with Gasteiger partial charge in [-0.15, -0.1) is 0 Å². The zero-order valence-corrected chi connectivity index (χ0v) is 16.3. The normalized spacial score (nSPS) is 17.3. The summed E-state index contributed by atoms with van der Waals surface area (Å²) in [5.74, 6) is -1.49. The summed E-state index contributed by atoms with van der Waals surface area (Å²) in [6, 6.07) is 6.90. The summed E-state index contributed by atoms with van der Waals surface area (Å²) in [6.07, 6.45) is 4.62. The number of esters is 2. The van der Waals surface area contributed by atoms with Gasteiger partial charge in [-0.2, -0.15) is 4.31 Å². The number of carbonyl (C=O) groups excluding carboxylic acids is 2. The Morgan fingerprint density at radius 2 is 1.75 bits per heavy atom. The van der Waals surface area contributed by atoms with E-state index in [1.165, 1.54) is 36.7 Å². The van der Waals surface area contributed by atoms with E-state index in [4.69, 9.17) is 0 Å². The summed E-state index contributed by atoms with van der Waals surface area (Å²) >= 11 is 0. The lowest BCUT2D eigenvalue weighted by molar-refractivity contribution is 0.0598. The second-order valence-corrected chi connectivity index (χ2v) is 8.18. The molecule has 0 N–H and O–H groups in total. The number of pyridine rings is 1. The van der Waals surface area contributed by atoms with Gasteiger partial charge in [0, 0.05) is 18.9 Å². The minimum Gasteiger partial charge on any atom is -0.465 e. The number of sulfonamides is 1. The predicted octanol–water partition coefficient (Wildman–Crippen LogP) is 2.18.